The molecule has 1 aromatic carbocycles. The number of benzene rings is 1. The number of hydrogen-bond acceptors (Lipinski definition) is 2. The molecule has 1 atom stereocenters. The van der Waals surface area contributed by atoms with Crippen LogP contribution < -0.4 is 5.32 Å². The zero-order valence-corrected chi connectivity index (χ0v) is 7.56. The fourth-order valence-electron chi connectivity index (χ4n) is 1.76. The smallest absolute Gasteiger partial charge is 0.187 e. The summed E-state index contributed by atoms with van der Waals surface area (Å²) < 4.78 is 26.0. The number of hydrogen-bond donors (Lipinski definition) is 2. The van der Waals surface area contributed by atoms with E-state index in [9.17, 15) is 8.78 Å². The van der Waals surface area contributed by atoms with E-state index in [1.54, 1.807) is 0 Å². The normalized spacial score (nSPS) is 21.4. The van der Waals surface area contributed by atoms with E-state index in [-0.39, 0.29) is 6.04 Å². The van der Waals surface area contributed by atoms with Gasteiger partial charge in [0.05, 0.1) is 0 Å². The first kappa shape index (κ1) is 9.40. The molecule has 0 amide bonds. The topological polar surface area (TPSA) is 32.3 Å². The van der Waals surface area contributed by atoms with Crippen molar-refractivity contribution < 1.29 is 13.9 Å². The van der Waals surface area contributed by atoms with E-state index in [4.69, 9.17) is 5.11 Å². The second-order valence-corrected chi connectivity index (χ2v) is 3.48. The molecule has 0 bridgehead atoms. The van der Waals surface area contributed by atoms with Gasteiger partial charge in [-0.1, -0.05) is 0 Å². The molecule has 0 unspecified atom stereocenters. The molecular formula is C10H11F2NO. The van der Waals surface area contributed by atoms with Crippen LogP contribution >= 0.6 is 0 Å². The molecule has 1 fully saturated rings. The summed E-state index contributed by atoms with van der Waals surface area (Å²) in [6.45, 7) is 0.870. The summed E-state index contributed by atoms with van der Waals surface area (Å²) in [6, 6.07) is 2.38. The maximum atomic E-state index is 13.0. The molecule has 0 spiro atoms. The lowest BCUT2D eigenvalue weighted by atomic mass is 10.0. The number of nitrogens with one attached hydrogen (secondary N) is 1. The molecular weight excluding hydrogens is 188 g/mol. The predicted molar refractivity (Wildman–Crippen MR) is 48.0 cm³/mol. The van der Waals surface area contributed by atoms with Crippen LogP contribution in [0, 0.1) is 11.6 Å². The first-order chi connectivity index (χ1) is 6.68. The minimum atomic E-state index is -0.897. The van der Waals surface area contributed by atoms with Crippen LogP contribution in [0.1, 0.15) is 24.4 Å². The highest BCUT2D eigenvalue weighted by atomic mass is 19.1. The van der Waals surface area contributed by atoms with Gasteiger partial charge in [-0.25, -0.2) is 8.78 Å². The second-order valence-electron chi connectivity index (χ2n) is 3.48. The lowest BCUT2D eigenvalue weighted by Crippen LogP contribution is -2.13. The van der Waals surface area contributed by atoms with Crippen molar-refractivity contribution in [2.75, 3.05) is 6.54 Å². The van der Waals surface area contributed by atoms with Crippen LogP contribution in [0.3, 0.4) is 0 Å². The van der Waals surface area contributed by atoms with Crippen LogP contribution in [0.4, 0.5) is 8.78 Å². The summed E-state index contributed by atoms with van der Waals surface area (Å²) in [7, 11) is 0. The van der Waals surface area contributed by atoms with Crippen molar-refractivity contribution in [1.82, 2.24) is 5.32 Å². The Labute approximate surface area is 80.6 Å². The van der Waals surface area contributed by atoms with Crippen LogP contribution in [0.2, 0.25) is 0 Å². The van der Waals surface area contributed by atoms with Crippen molar-refractivity contribution in [1.29, 1.82) is 0 Å². The summed E-state index contributed by atoms with van der Waals surface area (Å²) in [5.74, 6) is -2.69. The lowest BCUT2D eigenvalue weighted by molar-refractivity contribution is 0.394. The van der Waals surface area contributed by atoms with Crippen LogP contribution in [0.25, 0.3) is 0 Å². The number of halogens is 2. The maximum Gasteiger partial charge on any atom is 0.187 e. The highest BCUT2D eigenvalue weighted by molar-refractivity contribution is 5.32. The monoisotopic (exact) mass is 199 g/mol. The van der Waals surface area contributed by atoms with Crippen molar-refractivity contribution in [2.24, 2.45) is 0 Å². The molecule has 76 valence electrons. The fourth-order valence-corrected chi connectivity index (χ4v) is 1.76. The van der Waals surface area contributed by atoms with E-state index in [2.05, 4.69) is 5.32 Å². The summed E-state index contributed by atoms with van der Waals surface area (Å²) >= 11 is 0. The fraction of sp³-hybridized carbons (Fsp3) is 0.400. The van der Waals surface area contributed by atoms with Gasteiger partial charge in [0.25, 0.3) is 0 Å². The maximum absolute atomic E-state index is 13.0. The highest BCUT2D eigenvalue weighted by Gasteiger charge is 2.19. The Hall–Kier alpha value is -1.16. The van der Waals surface area contributed by atoms with Crippen molar-refractivity contribution >= 4 is 0 Å². The van der Waals surface area contributed by atoms with E-state index >= 15 is 0 Å². The Kier molecular flexibility index (Phi) is 2.37. The van der Waals surface area contributed by atoms with E-state index in [0.29, 0.717) is 5.56 Å². The average Bonchev–Trinajstić information content (AvgIpc) is 2.66. The number of phenolic OH excluding ortho intramolecular Hbond substituents is 1. The van der Waals surface area contributed by atoms with Gasteiger partial charge in [-0.05, 0) is 37.1 Å². The van der Waals surface area contributed by atoms with Crippen molar-refractivity contribution in [3.63, 3.8) is 0 Å². The van der Waals surface area contributed by atoms with Gasteiger partial charge in [-0.3, -0.25) is 0 Å². The summed E-state index contributed by atoms with van der Waals surface area (Å²) in [4.78, 5) is 0. The molecule has 4 heteroatoms. The molecule has 0 radical (unpaired) electrons. The molecule has 2 N–H and O–H groups in total. The van der Waals surface area contributed by atoms with Gasteiger partial charge in [0.1, 0.15) is 0 Å². The zero-order valence-electron chi connectivity index (χ0n) is 7.56. The Balaban J connectivity index is 2.34. The SMILES string of the molecule is Oc1c(F)cc([C@H]2CCCN2)cc1F. The Bertz CT molecular complexity index is 325. The van der Waals surface area contributed by atoms with Gasteiger partial charge >= 0.3 is 0 Å². The van der Waals surface area contributed by atoms with Crippen LogP contribution in [0.15, 0.2) is 12.1 Å². The molecule has 1 aromatic rings. The number of rotatable bonds is 1. The van der Waals surface area contributed by atoms with Crippen LogP contribution in [-0.2, 0) is 0 Å². The lowest BCUT2D eigenvalue weighted by Gasteiger charge is -2.11. The van der Waals surface area contributed by atoms with Gasteiger partial charge < -0.3 is 10.4 Å². The molecule has 1 aliphatic rings. The third kappa shape index (κ3) is 1.57. The molecule has 1 saturated heterocycles. The molecule has 0 aliphatic carbocycles. The Morgan fingerprint density at radius 2 is 1.93 bits per heavy atom. The zero-order chi connectivity index (χ0) is 10.1. The predicted octanol–water partition coefficient (Wildman–Crippen LogP) is 2.09. The summed E-state index contributed by atoms with van der Waals surface area (Å²) in [6.07, 6.45) is 1.89. The molecule has 1 aliphatic heterocycles. The van der Waals surface area contributed by atoms with Crippen LogP contribution in [0.5, 0.6) is 5.75 Å². The van der Waals surface area contributed by atoms with Crippen molar-refractivity contribution in [3.05, 3.63) is 29.3 Å². The van der Waals surface area contributed by atoms with Gasteiger partial charge in [0.15, 0.2) is 17.4 Å². The third-order valence-electron chi connectivity index (χ3n) is 2.50. The van der Waals surface area contributed by atoms with E-state index in [0.717, 1.165) is 19.4 Å². The van der Waals surface area contributed by atoms with Gasteiger partial charge in [-0.15, -0.1) is 0 Å². The first-order valence-electron chi connectivity index (χ1n) is 4.60. The Morgan fingerprint density at radius 3 is 2.43 bits per heavy atom. The van der Waals surface area contributed by atoms with Gasteiger partial charge in [-0.2, -0.15) is 0 Å². The van der Waals surface area contributed by atoms with Crippen molar-refractivity contribution in [2.45, 2.75) is 18.9 Å². The minimum Gasteiger partial charge on any atom is -0.503 e. The molecule has 2 rings (SSSR count). The average molecular weight is 199 g/mol. The Morgan fingerprint density at radius 1 is 1.29 bits per heavy atom. The summed E-state index contributed by atoms with van der Waals surface area (Å²) in [5, 5.41) is 12.0. The van der Waals surface area contributed by atoms with E-state index < -0.39 is 17.4 Å². The highest BCUT2D eigenvalue weighted by Crippen LogP contribution is 2.28. The van der Waals surface area contributed by atoms with Crippen molar-refractivity contribution in [3.8, 4) is 5.75 Å². The van der Waals surface area contributed by atoms with Gasteiger partial charge in [0.2, 0.25) is 0 Å². The number of aromatic hydroxyl groups is 1. The standard InChI is InChI=1S/C10H11F2NO/c11-7-4-6(5-8(12)10(7)14)9-2-1-3-13-9/h4-5,9,13-14H,1-3H2/t9-/m1/s1. The summed E-state index contributed by atoms with van der Waals surface area (Å²) in [5.41, 5.74) is 0.565. The van der Waals surface area contributed by atoms with Gasteiger partial charge in [0, 0.05) is 6.04 Å². The van der Waals surface area contributed by atoms with Crippen LogP contribution in [-0.4, -0.2) is 11.7 Å². The largest absolute Gasteiger partial charge is 0.503 e. The molecule has 0 saturated carbocycles. The first-order valence-corrected chi connectivity index (χ1v) is 4.60. The molecule has 2 nitrogen and oxygen atoms in total. The van der Waals surface area contributed by atoms with E-state index in [1.807, 2.05) is 0 Å². The second kappa shape index (κ2) is 3.53. The minimum absolute atomic E-state index is 0.0135. The van der Waals surface area contributed by atoms with E-state index in [1.165, 1.54) is 12.1 Å². The quantitative estimate of drug-likeness (QED) is 0.725. The molecule has 1 heterocycles. The molecule has 14 heavy (non-hydrogen) atoms. The number of phenols is 1. The molecule has 0 aromatic heterocycles. The third-order valence-corrected chi connectivity index (χ3v) is 2.50.